The van der Waals surface area contributed by atoms with E-state index in [0.717, 1.165) is 6.33 Å². The zero-order valence-corrected chi connectivity index (χ0v) is 39.1. The fourth-order valence-corrected chi connectivity index (χ4v) is 10.5. The molecule has 3 fully saturated rings. The van der Waals surface area contributed by atoms with Gasteiger partial charge in [-0.3, -0.25) is 27.8 Å². The molecule has 9 rings (SSSR count). The van der Waals surface area contributed by atoms with Crippen molar-refractivity contribution in [2.45, 2.75) is 49.1 Å². The predicted molar refractivity (Wildman–Crippen MR) is 244 cm³/mol. The number of benzene rings is 2. The molecule has 0 aliphatic carbocycles. The second-order valence-electron chi connectivity index (χ2n) is 15.3. The molecular weight excluding hydrogens is 974 g/mol. The lowest BCUT2D eigenvalue weighted by molar-refractivity contribution is -0.0612. The normalized spacial score (nSPS) is 28.5. The van der Waals surface area contributed by atoms with Crippen molar-refractivity contribution in [3.05, 3.63) is 97.1 Å². The van der Waals surface area contributed by atoms with Gasteiger partial charge in [0.2, 0.25) is 5.69 Å². The number of halogens is 1. The third-order valence-corrected chi connectivity index (χ3v) is 14.1. The number of amides is 3. The second-order valence-corrected chi connectivity index (χ2v) is 22.0. The molecule has 10 atom stereocenters. The number of carbonyl (C=O) groups excluding carboxylic acids is 3. The summed E-state index contributed by atoms with van der Waals surface area (Å²) in [6.45, 7) is -0.737. The van der Waals surface area contributed by atoms with Crippen molar-refractivity contribution in [3.8, 4) is 0 Å². The molecule has 3 aliphatic rings. The van der Waals surface area contributed by atoms with Crippen molar-refractivity contribution in [2.24, 2.45) is 0 Å². The van der Waals surface area contributed by atoms with Crippen LogP contribution < -0.4 is 16.0 Å². The Kier molecular flexibility index (Phi) is 13.9. The van der Waals surface area contributed by atoms with Crippen LogP contribution in [0.2, 0.25) is 0 Å². The standard InChI is InChI=1S/C39H41FN12O12P2S2/c1-41-13-14-50(2)39(55)62-30-29-24(61-38(30)52-20-47-27-32(43-18-45-34(27)52)49-36(54)22-11-7-4-8-12-22)15-58-65(56,57)63-28-23(16-59-66(67,68)64-29)60-37(25(28)40)51-19-46-26-31(42-17-44-33(26)51)48-35(53)21-9-5-3-6-10-21/h3-12,17-20,23-25,28-30,37-38,41H,13-16H2,1-2H3,(H,56,57)(H,67,68)(H,42,44,48,53)(H,43,45,49,54)/t23-,24-,25-,28-,29-,30-,37-,38-/m1/s1. The van der Waals surface area contributed by atoms with Gasteiger partial charge in [-0.15, -0.1) is 0 Å². The number of imidazole rings is 2. The Morgan fingerprint density at radius 2 is 1.35 bits per heavy atom. The molecule has 0 bridgehead atoms. The van der Waals surface area contributed by atoms with Crippen LogP contribution >= 0.6 is 25.8 Å². The fourth-order valence-electron chi connectivity index (χ4n) is 7.58. The maximum absolute atomic E-state index is 16.7. The predicted octanol–water partition coefficient (Wildman–Crippen LogP) is 4.03. The average Bonchev–Trinajstić information content (AvgIpc) is 4.11. The number of thiol groups is 1. The number of anilines is 2. The largest absolute Gasteiger partial charge is 0.472 e. The smallest absolute Gasteiger partial charge is 0.438 e. The first kappa shape index (κ1) is 47.6. The van der Waals surface area contributed by atoms with Gasteiger partial charge in [0, 0.05) is 31.3 Å². The first-order chi connectivity index (χ1) is 32.7. The van der Waals surface area contributed by atoms with Gasteiger partial charge in [0.1, 0.15) is 37.1 Å². The third kappa shape index (κ3) is 10.0. The number of rotatable bonds is 10. The molecular formula is C39H41FN12O12P2S2. The zero-order valence-electron chi connectivity index (χ0n) is 35.6. The Labute approximate surface area is 395 Å². The number of nitrogens with zero attached hydrogens (tertiary/aromatic N) is 9. The van der Waals surface area contributed by atoms with Crippen LogP contribution in [0.3, 0.4) is 0 Å². The van der Waals surface area contributed by atoms with Crippen LogP contribution in [0, 0.1) is 0 Å². The molecule has 3 saturated heterocycles. The number of aromatic nitrogens is 8. The van der Waals surface area contributed by atoms with Crippen molar-refractivity contribution < 1.29 is 60.5 Å². The van der Waals surface area contributed by atoms with Crippen LogP contribution in [0.15, 0.2) is 86.0 Å². The molecule has 6 aromatic rings. The minimum atomic E-state index is -5.22. The van der Waals surface area contributed by atoms with E-state index in [9.17, 15) is 23.8 Å². The molecule has 7 heterocycles. The van der Waals surface area contributed by atoms with Crippen LogP contribution in [-0.4, -0.2) is 144 Å². The van der Waals surface area contributed by atoms with Crippen LogP contribution in [0.4, 0.5) is 20.8 Å². The molecule has 2 unspecified atom stereocenters. The van der Waals surface area contributed by atoms with E-state index in [0.29, 0.717) is 17.7 Å². The third-order valence-electron chi connectivity index (χ3n) is 10.9. The summed E-state index contributed by atoms with van der Waals surface area (Å²) >= 11 is 10.3. The van der Waals surface area contributed by atoms with Crippen LogP contribution in [-0.2, 0) is 48.7 Å². The highest BCUT2D eigenvalue weighted by atomic mass is 32.9. The Hall–Kier alpha value is -5.41. The number of hydrogen-bond acceptors (Lipinski definition) is 19. The number of likely N-dealkylation sites (N-methyl/N-ethyl adjacent to an activating group) is 2. The molecule has 358 valence electrons. The van der Waals surface area contributed by atoms with Crippen molar-refractivity contribution >= 4 is 89.4 Å². The van der Waals surface area contributed by atoms with E-state index in [-0.39, 0.29) is 40.5 Å². The zero-order chi connectivity index (χ0) is 47.7. The topological polar surface area (TPSA) is 280 Å². The number of fused-ring (bicyclic) bond motifs is 4. The van der Waals surface area contributed by atoms with E-state index in [2.05, 4.69) is 58.1 Å². The monoisotopic (exact) mass is 1010 g/mol. The van der Waals surface area contributed by atoms with Gasteiger partial charge in [-0.05, 0) is 43.1 Å². The molecule has 0 spiro atoms. The van der Waals surface area contributed by atoms with Crippen molar-refractivity contribution in [1.82, 2.24) is 49.3 Å². The summed E-state index contributed by atoms with van der Waals surface area (Å²) in [5.41, 5.74) is -2.71. The van der Waals surface area contributed by atoms with Crippen LogP contribution in [0.5, 0.6) is 0 Å². The van der Waals surface area contributed by atoms with Gasteiger partial charge < -0.3 is 49.0 Å². The summed E-state index contributed by atoms with van der Waals surface area (Å²) in [7, 11) is -2.00. The lowest BCUT2D eigenvalue weighted by Crippen LogP contribution is -2.43. The fraction of sp³-hybridized carbons (Fsp3) is 0.359. The van der Waals surface area contributed by atoms with E-state index in [1.54, 1.807) is 67.7 Å². The lowest BCUT2D eigenvalue weighted by atomic mass is 10.1. The quantitative estimate of drug-likeness (QED) is 0.0957. The van der Waals surface area contributed by atoms with E-state index < -0.39 is 93.8 Å². The minimum absolute atomic E-state index is 0.0263. The number of phosphoric acid groups is 1. The highest BCUT2D eigenvalue weighted by Gasteiger charge is 2.55. The summed E-state index contributed by atoms with van der Waals surface area (Å²) in [6.07, 6.45) is -8.60. The Balaban J connectivity index is 0.992. The number of hydrogen-bond donors (Lipinski definition) is 5. The van der Waals surface area contributed by atoms with Crippen LogP contribution in [0.1, 0.15) is 33.2 Å². The molecule has 2 aromatic carbocycles. The van der Waals surface area contributed by atoms with Crippen molar-refractivity contribution in [2.75, 3.05) is 51.0 Å². The SMILES string of the molecule is CNCCN(C)C(=O)O[C@@H]1[C@@H]2OP(=S)(S)OC[C@H]3O[C@@H](n4cnc5c(NC(=O)c6ccccc6)ncnc54)[C@H](F)[C@@H]3OP(=O)(O)OC[C@H]2O[C@H]1n1cnc2c(NC(=O)c3ccccc3)ncnc21. The van der Waals surface area contributed by atoms with Crippen molar-refractivity contribution in [1.29, 1.82) is 0 Å². The molecule has 0 saturated carbocycles. The van der Waals surface area contributed by atoms with Crippen molar-refractivity contribution in [3.63, 3.8) is 0 Å². The minimum Gasteiger partial charge on any atom is -0.438 e. The maximum atomic E-state index is 16.7. The van der Waals surface area contributed by atoms with Gasteiger partial charge in [-0.25, -0.2) is 43.7 Å². The van der Waals surface area contributed by atoms with Gasteiger partial charge in [0.15, 0.2) is 58.7 Å². The summed E-state index contributed by atoms with van der Waals surface area (Å²) in [5, 5.41) is 8.36. The van der Waals surface area contributed by atoms with Gasteiger partial charge in [-0.2, -0.15) is 0 Å². The summed E-state index contributed by atoms with van der Waals surface area (Å²) in [5.74, 6) is -0.875. The molecule has 29 heteroatoms. The summed E-state index contributed by atoms with van der Waals surface area (Å²) < 4.78 is 75.0. The number of carbonyl (C=O) groups is 3. The first-order valence-electron chi connectivity index (χ1n) is 20.6. The highest BCUT2D eigenvalue weighted by molar-refractivity contribution is 8.60. The average molecular weight is 1010 g/mol. The lowest BCUT2D eigenvalue weighted by Gasteiger charge is -2.31. The molecule has 3 aliphatic heterocycles. The Morgan fingerprint density at radius 1 is 0.824 bits per heavy atom. The number of ether oxygens (including phenoxy) is 3. The van der Waals surface area contributed by atoms with Crippen LogP contribution in [0.25, 0.3) is 22.3 Å². The number of alkyl halides is 1. The Bertz CT molecular complexity index is 2930. The number of nitrogens with one attached hydrogen (secondary N) is 3. The van der Waals surface area contributed by atoms with Gasteiger partial charge in [0.05, 0.1) is 25.9 Å². The second kappa shape index (κ2) is 19.9. The molecule has 24 nitrogen and oxygen atoms in total. The molecule has 4 N–H and O–H groups in total. The molecule has 0 radical (unpaired) electrons. The Morgan fingerprint density at radius 3 is 1.93 bits per heavy atom. The van der Waals surface area contributed by atoms with Gasteiger partial charge in [-0.1, -0.05) is 48.6 Å². The molecule has 3 amide bonds. The van der Waals surface area contributed by atoms with E-state index >= 15 is 4.39 Å². The van der Waals surface area contributed by atoms with E-state index in [4.69, 9.17) is 44.1 Å². The first-order valence-corrected chi connectivity index (χ1v) is 25.9. The van der Waals surface area contributed by atoms with Gasteiger partial charge >= 0.3 is 13.9 Å². The molecule has 68 heavy (non-hydrogen) atoms. The van der Waals surface area contributed by atoms with Gasteiger partial charge in [0.25, 0.3) is 11.8 Å². The summed E-state index contributed by atoms with van der Waals surface area (Å²) in [6, 6.07) is 16.8. The summed E-state index contributed by atoms with van der Waals surface area (Å²) in [4.78, 5) is 77.9. The van der Waals surface area contributed by atoms with E-state index in [1.165, 1.54) is 40.1 Å². The molecule has 4 aromatic heterocycles. The highest BCUT2D eigenvalue weighted by Crippen LogP contribution is 2.59. The maximum Gasteiger partial charge on any atom is 0.472 e. The van der Waals surface area contributed by atoms with E-state index in [1.807, 2.05) is 0 Å². The number of phosphoric ester groups is 1.